The highest BCUT2D eigenvalue weighted by atomic mass is 16.7. The summed E-state index contributed by atoms with van der Waals surface area (Å²) in [7, 11) is 0. The molecule has 6 unspecified atom stereocenters. The largest absolute Gasteiger partial charge is 0.457 e. The Hall–Kier alpha value is -2.11. The number of allylic oxidation sites excluding steroid dienone is 10. The predicted molar refractivity (Wildman–Crippen MR) is 261 cm³/mol. The molecule has 9 nitrogen and oxygen atoms in total. The van der Waals surface area contributed by atoms with Gasteiger partial charge in [0.1, 0.15) is 30.5 Å². The minimum atomic E-state index is -1.54. The zero-order valence-electron chi connectivity index (χ0n) is 40.3. The molecule has 63 heavy (non-hydrogen) atoms. The maximum Gasteiger partial charge on any atom is 0.306 e. The van der Waals surface area contributed by atoms with E-state index in [-0.39, 0.29) is 19.2 Å². The maximum atomic E-state index is 12.8. The van der Waals surface area contributed by atoms with Crippen molar-refractivity contribution >= 4 is 5.97 Å². The lowest BCUT2D eigenvalue weighted by atomic mass is 9.99. The number of aliphatic hydroxyl groups is 4. The molecule has 1 saturated heterocycles. The van der Waals surface area contributed by atoms with E-state index in [9.17, 15) is 25.2 Å². The molecular formula is C54H96O9. The summed E-state index contributed by atoms with van der Waals surface area (Å²) < 4.78 is 22.9. The normalized spacial score (nSPS) is 20.1. The quantitative estimate of drug-likeness (QED) is 0.0268. The van der Waals surface area contributed by atoms with Crippen molar-refractivity contribution in [3.63, 3.8) is 0 Å². The van der Waals surface area contributed by atoms with Crippen molar-refractivity contribution in [2.45, 2.75) is 250 Å². The molecule has 4 N–H and O–H groups in total. The average Bonchev–Trinajstić information content (AvgIpc) is 3.28. The number of rotatable bonds is 44. The van der Waals surface area contributed by atoms with Crippen LogP contribution in [0.25, 0.3) is 0 Å². The molecular weight excluding hydrogens is 793 g/mol. The van der Waals surface area contributed by atoms with Crippen LogP contribution < -0.4 is 0 Å². The Morgan fingerprint density at radius 2 is 0.968 bits per heavy atom. The molecule has 0 spiro atoms. The van der Waals surface area contributed by atoms with Gasteiger partial charge in [-0.1, -0.05) is 209 Å². The third-order valence-corrected chi connectivity index (χ3v) is 11.7. The Bertz CT molecular complexity index is 1150. The van der Waals surface area contributed by atoms with Gasteiger partial charge < -0.3 is 39.4 Å². The second-order valence-corrected chi connectivity index (χ2v) is 17.6. The summed E-state index contributed by atoms with van der Waals surface area (Å²) in [6, 6.07) is 0. The number of unbranched alkanes of at least 4 members (excludes halogenated alkanes) is 23. The highest BCUT2D eigenvalue weighted by molar-refractivity contribution is 5.69. The van der Waals surface area contributed by atoms with Crippen molar-refractivity contribution in [2.75, 3.05) is 26.4 Å². The van der Waals surface area contributed by atoms with Gasteiger partial charge >= 0.3 is 5.97 Å². The lowest BCUT2D eigenvalue weighted by Gasteiger charge is -2.39. The van der Waals surface area contributed by atoms with Gasteiger partial charge in [-0.3, -0.25) is 4.79 Å². The number of carbonyl (C=O) groups is 1. The Kier molecular flexibility index (Phi) is 42.1. The highest BCUT2D eigenvalue weighted by Crippen LogP contribution is 2.23. The second-order valence-electron chi connectivity index (χ2n) is 17.6. The second kappa shape index (κ2) is 45.1. The zero-order valence-corrected chi connectivity index (χ0v) is 40.3. The minimum absolute atomic E-state index is 0.118. The fourth-order valence-electron chi connectivity index (χ4n) is 7.70. The predicted octanol–water partition coefficient (Wildman–Crippen LogP) is 12.6. The fourth-order valence-corrected chi connectivity index (χ4v) is 7.70. The van der Waals surface area contributed by atoms with Gasteiger partial charge in [0.05, 0.1) is 19.8 Å². The molecule has 1 heterocycles. The first-order chi connectivity index (χ1) is 30.9. The van der Waals surface area contributed by atoms with Gasteiger partial charge in [0.25, 0.3) is 0 Å². The van der Waals surface area contributed by atoms with E-state index < -0.39 is 43.4 Å². The van der Waals surface area contributed by atoms with Crippen LogP contribution in [0.4, 0.5) is 0 Å². The zero-order chi connectivity index (χ0) is 45.7. The number of esters is 1. The molecule has 0 aliphatic carbocycles. The van der Waals surface area contributed by atoms with Gasteiger partial charge in [-0.15, -0.1) is 0 Å². The van der Waals surface area contributed by atoms with Crippen molar-refractivity contribution < 1.29 is 44.2 Å². The Morgan fingerprint density at radius 3 is 1.46 bits per heavy atom. The minimum Gasteiger partial charge on any atom is -0.457 e. The SMILES string of the molecule is CC/C=C\C/C=C\C/C=C\C/C=C\C/C=C\CCCCCCCCCC(=O)OC(COCCCCCCCCCCCCCCCCCCC)COC1OC(CO)C(O)C(O)C1O. The van der Waals surface area contributed by atoms with E-state index in [2.05, 4.69) is 74.6 Å². The molecule has 1 aliphatic heterocycles. The lowest BCUT2D eigenvalue weighted by molar-refractivity contribution is -0.305. The molecule has 0 aromatic rings. The number of hydrogen-bond acceptors (Lipinski definition) is 9. The first-order valence-electron chi connectivity index (χ1n) is 25.9. The van der Waals surface area contributed by atoms with Crippen LogP contribution in [-0.2, 0) is 23.7 Å². The van der Waals surface area contributed by atoms with E-state index in [1.54, 1.807) is 0 Å². The number of aliphatic hydroxyl groups excluding tert-OH is 4. The van der Waals surface area contributed by atoms with Crippen molar-refractivity contribution in [1.82, 2.24) is 0 Å². The topological polar surface area (TPSA) is 135 Å². The molecule has 0 aromatic heterocycles. The summed E-state index contributed by atoms with van der Waals surface area (Å²) in [5, 5.41) is 40.2. The Morgan fingerprint density at radius 1 is 0.524 bits per heavy atom. The van der Waals surface area contributed by atoms with E-state index in [1.165, 1.54) is 116 Å². The van der Waals surface area contributed by atoms with Crippen LogP contribution in [0.15, 0.2) is 60.8 Å². The van der Waals surface area contributed by atoms with Crippen molar-refractivity contribution in [2.24, 2.45) is 0 Å². The number of carbonyl (C=O) groups excluding carboxylic acids is 1. The molecule has 0 aromatic carbocycles. The summed E-state index contributed by atoms with van der Waals surface area (Å²) in [6.45, 7) is 4.46. The van der Waals surface area contributed by atoms with Gasteiger partial charge in [-0.05, 0) is 57.8 Å². The Balaban J connectivity index is 2.21. The van der Waals surface area contributed by atoms with Crippen LogP contribution in [-0.4, -0.2) is 89.6 Å². The monoisotopic (exact) mass is 889 g/mol. The van der Waals surface area contributed by atoms with E-state index in [0.717, 1.165) is 77.0 Å². The van der Waals surface area contributed by atoms with Crippen molar-refractivity contribution in [3.8, 4) is 0 Å². The third kappa shape index (κ3) is 35.8. The van der Waals surface area contributed by atoms with E-state index in [0.29, 0.717) is 13.0 Å². The standard InChI is InChI=1S/C54H96O9/c1-3-5-7-9-11-13-15-17-19-21-22-23-24-25-26-27-29-31-33-35-37-39-41-43-50(56)62-48(47-61-54-53(59)52(58)51(57)49(45-55)63-54)46-60-44-42-40-38-36-34-32-30-28-20-18-16-14-12-10-8-6-4-2/h5,7,11,13,17,19,22-23,25-26,48-49,51-55,57-59H,3-4,6,8-10,12,14-16,18,20-21,24,27-47H2,1-2H3/b7-5-,13-11-,19-17-,23-22-,26-25-. The first-order valence-corrected chi connectivity index (χ1v) is 25.9. The van der Waals surface area contributed by atoms with Gasteiger partial charge in [-0.25, -0.2) is 0 Å². The van der Waals surface area contributed by atoms with Gasteiger partial charge in [-0.2, -0.15) is 0 Å². The van der Waals surface area contributed by atoms with Crippen molar-refractivity contribution in [1.29, 1.82) is 0 Å². The van der Waals surface area contributed by atoms with E-state index >= 15 is 0 Å². The van der Waals surface area contributed by atoms with Crippen molar-refractivity contribution in [3.05, 3.63) is 60.8 Å². The van der Waals surface area contributed by atoms with Crippen LogP contribution in [0.3, 0.4) is 0 Å². The summed E-state index contributed by atoms with van der Waals surface area (Å²) in [4.78, 5) is 12.8. The molecule has 0 radical (unpaired) electrons. The Labute approximate surface area is 385 Å². The number of ether oxygens (including phenoxy) is 4. The maximum absolute atomic E-state index is 12.8. The summed E-state index contributed by atoms with van der Waals surface area (Å²) in [5.41, 5.74) is 0. The summed E-state index contributed by atoms with van der Waals surface area (Å²) in [5.74, 6) is -0.323. The molecule has 366 valence electrons. The molecule has 0 bridgehead atoms. The number of hydrogen-bond donors (Lipinski definition) is 4. The average molecular weight is 889 g/mol. The smallest absolute Gasteiger partial charge is 0.306 e. The van der Waals surface area contributed by atoms with Crippen LogP contribution >= 0.6 is 0 Å². The van der Waals surface area contributed by atoms with Crippen LogP contribution in [0.1, 0.15) is 213 Å². The van der Waals surface area contributed by atoms with Crippen LogP contribution in [0.2, 0.25) is 0 Å². The molecule has 9 heteroatoms. The van der Waals surface area contributed by atoms with Crippen LogP contribution in [0.5, 0.6) is 0 Å². The lowest BCUT2D eigenvalue weighted by Crippen LogP contribution is -2.59. The van der Waals surface area contributed by atoms with E-state index in [1.807, 2.05) is 0 Å². The molecule has 1 fully saturated rings. The first kappa shape index (κ1) is 58.9. The molecule has 0 saturated carbocycles. The third-order valence-electron chi connectivity index (χ3n) is 11.7. The summed E-state index contributed by atoms with van der Waals surface area (Å²) in [6.07, 6.45) is 51.0. The molecule has 0 amide bonds. The fraction of sp³-hybridized carbons (Fsp3) is 0.796. The molecule has 6 atom stereocenters. The molecule has 1 aliphatic rings. The van der Waals surface area contributed by atoms with Crippen LogP contribution in [0, 0.1) is 0 Å². The van der Waals surface area contributed by atoms with Gasteiger partial charge in [0, 0.05) is 13.0 Å². The van der Waals surface area contributed by atoms with E-state index in [4.69, 9.17) is 18.9 Å². The summed E-state index contributed by atoms with van der Waals surface area (Å²) >= 11 is 0. The highest BCUT2D eigenvalue weighted by Gasteiger charge is 2.44. The molecule has 1 rings (SSSR count). The van der Waals surface area contributed by atoms with Gasteiger partial charge in [0.15, 0.2) is 6.29 Å². The van der Waals surface area contributed by atoms with Gasteiger partial charge in [0.2, 0.25) is 0 Å².